The van der Waals surface area contributed by atoms with Gasteiger partial charge < -0.3 is 9.47 Å². The molecule has 0 amide bonds. The van der Waals surface area contributed by atoms with Crippen LogP contribution in [0.5, 0.6) is 0 Å². The molecule has 0 aliphatic carbocycles. The Kier molecular flexibility index (Phi) is 6.15. The number of fused-ring (bicyclic) bond motifs is 1. The van der Waals surface area contributed by atoms with Gasteiger partial charge >= 0.3 is 0 Å². The van der Waals surface area contributed by atoms with Crippen LogP contribution >= 0.6 is 12.4 Å². The van der Waals surface area contributed by atoms with Gasteiger partial charge in [0.2, 0.25) is 0 Å². The van der Waals surface area contributed by atoms with E-state index < -0.39 is 0 Å². The number of aromatic nitrogens is 1. The quantitative estimate of drug-likeness (QED) is 0.642. The van der Waals surface area contributed by atoms with E-state index >= 15 is 0 Å². The van der Waals surface area contributed by atoms with Crippen molar-refractivity contribution < 1.29 is 4.39 Å². The normalized spacial score (nSPS) is 17.0. The maximum Gasteiger partial charge on any atom is 0.123 e. The summed E-state index contributed by atoms with van der Waals surface area (Å²) in [5.41, 5.74) is 2.91. The van der Waals surface area contributed by atoms with Crippen LogP contribution in [0, 0.1) is 23.1 Å². The van der Waals surface area contributed by atoms with Gasteiger partial charge in [0.05, 0.1) is 11.6 Å². The summed E-state index contributed by atoms with van der Waals surface area (Å²) < 4.78 is 15.6. The number of halogens is 2. The topological polar surface area (TPSA) is 32.0 Å². The lowest BCUT2D eigenvalue weighted by Crippen LogP contribution is -2.24. The molecule has 0 spiro atoms. The summed E-state index contributed by atoms with van der Waals surface area (Å²) in [6.07, 6.45) is 4.20. The van der Waals surface area contributed by atoms with Gasteiger partial charge in [0, 0.05) is 31.3 Å². The molecular formula is C22H23ClFN3. The number of rotatable bonds is 5. The second kappa shape index (κ2) is 8.56. The Morgan fingerprint density at radius 3 is 2.85 bits per heavy atom. The lowest BCUT2D eigenvalue weighted by Gasteiger charge is -2.17. The van der Waals surface area contributed by atoms with E-state index in [-0.39, 0.29) is 18.2 Å². The van der Waals surface area contributed by atoms with Crippen molar-refractivity contribution in [2.24, 2.45) is 5.92 Å². The second-order valence-corrected chi connectivity index (χ2v) is 7.19. The summed E-state index contributed by atoms with van der Waals surface area (Å²) in [6.45, 7) is 4.13. The van der Waals surface area contributed by atoms with Crippen LogP contribution in [0.1, 0.15) is 17.5 Å². The molecule has 0 radical (unpaired) electrons. The van der Waals surface area contributed by atoms with Gasteiger partial charge in [-0.3, -0.25) is 0 Å². The van der Waals surface area contributed by atoms with Crippen molar-refractivity contribution in [3.63, 3.8) is 0 Å². The molecule has 3 nitrogen and oxygen atoms in total. The molecule has 0 N–H and O–H groups in total. The molecular weight excluding hydrogens is 361 g/mol. The van der Waals surface area contributed by atoms with E-state index in [1.165, 1.54) is 17.9 Å². The van der Waals surface area contributed by atoms with Crippen molar-refractivity contribution in [2.45, 2.75) is 19.4 Å². The van der Waals surface area contributed by atoms with Crippen LogP contribution in [0.2, 0.25) is 0 Å². The van der Waals surface area contributed by atoms with Gasteiger partial charge in [0.15, 0.2) is 0 Å². The van der Waals surface area contributed by atoms with Crippen molar-refractivity contribution in [1.29, 1.82) is 5.26 Å². The van der Waals surface area contributed by atoms with Gasteiger partial charge in [-0.05, 0) is 66.6 Å². The third-order valence-corrected chi connectivity index (χ3v) is 5.33. The molecule has 1 aliphatic heterocycles. The molecule has 0 saturated carbocycles. The molecule has 1 atom stereocenters. The highest BCUT2D eigenvalue weighted by Crippen LogP contribution is 2.23. The van der Waals surface area contributed by atoms with Crippen molar-refractivity contribution in [1.82, 2.24) is 9.47 Å². The van der Waals surface area contributed by atoms with Crippen LogP contribution in [0.3, 0.4) is 0 Å². The predicted octanol–water partition coefficient (Wildman–Crippen LogP) is 4.64. The Morgan fingerprint density at radius 2 is 2.04 bits per heavy atom. The van der Waals surface area contributed by atoms with Crippen LogP contribution in [-0.4, -0.2) is 29.1 Å². The standard InChI is InChI=1S/C22H22FN3.ClH/c23-21-3-1-2-17(12-21)6-9-25-10-7-19(15-25)16-26-11-8-20-5-4-18(14-24)13-22(20)26;/h1-5,8,11-13,19H,6-7,9-10,15-16H2;1H. The highest BCUT2D eigenvalue weighted by atomic mass is 35.5. The first kappa shape index (κ1) is 19.4. The van der Waals surface area contributed by atoms with E-state index in [0.717, 1.165) is 43.7 Å². The van der Waals surface area contributed by atoms with Crippen molar-refractivity contribution in [3.8, 4) is 6.07 Å². The highest BCUT2D eigenvalue weighted by molar-refractivity contribution is 5.85. The zero-order valence-corrected chi connectivity index (χ0v) is 16.0. The Morgan fingerprint density at radius 1 is 1.15 bits per heavy atom. The van der Waals surface area contributed by atoms with Gasteiger partial charge in [-0.25, -0.2) is 4.39 Å². The van der Waals surface area contributed by atoms with E-state index in [4.69, 9.17) is 5.26 Å². The highest BCUT2D eigenvalue weighted by Gasteiger charge is 2.22. The Hall–Kier alpha value is -2.35. The van der Waals surface area contributed by atoms with E-state index in [1.807, 2.05) is 24.3 Å². The Balaban J connectivity index is 0.00000210. The predicted molar refractivity (Wildman–Crippen MR) is 109 cm³/mol. The Labute approximate surface area is 165 Å². The molecule has 2 heterocycles. The molecule has 1 unspecified atom stereocenters. The number of nitriles is 1. The van der Waals surface area contributed by atoms with Gasteiger partial charge in [-0.15, -0.1) is 12.4 Å². The number of benzene rings is 2. The van der Waals surface area contributed by atoms with Crippen molar-refractivity contribution in [2.75, 3.05) is 19.6 Å². The van der Waals surface area contributed by atoms with E-state index in [9.17, 15) is 4.39 Å². The average molecular weight is 384 g/mol. The van der Waals surface area contributed by atoms with Crippen LogP contribution < -0.4 is 0 Å². The molecule has 0 bridgehead atoms. The molecule has 1 fully saturated rings. The van der Waals surface area contributed by atoms with Gasteiger partial charge in [0.1, 0.15) is 5.82 Å². The van der Waals surface area contributed by atoms with Crippen LogP contribution in [0.4, 0.5) is 4.39 Å². The van der Waals surface area contributed by atoms with Gasteiger partial charge in [-0.2, -0.15) is 5.26 Å². The van der Waals surface area contributed by atoms with E-state index in [1.54, 1.807) is 12.1 Å². The summed E-state index contributed by atoms with van der Waals surface area (Å²) in [5.74, 6) is 0.460. The fraction of sp³-hybridized carbons (Fsp3) is 0.318. The summed E-state index contributed by atoms with van der Waals surface area (Å²) in [5, 5.41) is 10.3. The van der Waals surface area contributed by atoms with Crippen LogP contribution in [0.25, 0.3) is 10.9 Å². The van der Waals surface area contributed by atoms with Crippen LogP contribution in [0.15, 0.2) is 54.7 Å². The third-order valence-electron chi connectivity index (χ3n) is 5.33. The average Bonchev–Trinajstić information content (AvgIpc) is 3.27. The minimum atomic E-state index is -0.155. The first-order valence-electron chi connectivity index (χ1n) is 9.17. The first-order valence-corrected chi connectivity index (χ1v) is 9.17. The minimum Gasteiger partial charge on any atom is -0.347 e. The maximum atomic E-state index is 13.3. The van der Waals surface area contributed by atoms with Crippen molar-refractivity contribution >= 4 is 23.3 Å². The molecule has 5 heteroatoms. The smallest absolute Gasteiger partial charge is 0.123 e. The molecule has 3 aromatic rings. The fourth-order valence-electron chi connectivity index (χ4n) is 3.94. The number of hydrogen-bond donors (Lipinski definition) is 0. The number of hydrogen-bond acceptors (Lipinski definition) is 2. The summed E-state index contributed by atoms with van der Waals surface area (Å²) in [7, 11) is 0. The van der Waals surface area contributed by atoms with Gasteiger partial charge in [0.25, 0.3) is 0 Å². The maximum absolute atomic E-state index is 13.3. The van der Waals surface area contributed by atoms with E-state index in [0.29, 0.717) is 11.5 Å². The fourth-order valence-corrected chi connectivity index (χ4v) is 3.94. The monoisotopic (exact) mass is 383 g/mol. The van der Waals surface area contributed by atoms with Gasteiger partial charge in [-0.1, -0.05) is 18.2 Å². The molecule has 27 heavy (non-hydrogen) atoms. The lowest BCUT2D eigenvalue weighted by molar-refractivity contribution is 0.321. The lowest BCUT2D eigenvalue weighted by atomic mass is 10.1. The SMILES string of the molecule is Cl.N#Cc1ccc2ccn(CC3CCN(CCc4cccc(F)c4)C3)c2c1. The zero-order chi connectivity index (χ0) is 17.9. The molecule has 140 valence electrons. The summed E-state index contributed by atoms with van der Waals surface area (Å²) >= 11 is 0. The number of nitrogens with zero attached hydrogens (tertiary/aromatic N) is 3. The number of likely N-dealkylation sites (tertiary alicyclic amines) is 1. The van der Waals surface area contributed by atoms with Crippen molar-refractivity contribution in [3.05, 3.63) is 71.7 Å². The zero-order valence-electron chi connectivity index (χ0n) is 15.1. The van der Waals surface area contributed by atoms with Crippen LogP contribution in [-0.2, 0) is 13.0 Å². The minimum absolute atomic E-state index is 0. The molecule has 1 aliphatic rings. The third kappa shape index (κ3) is 4.50. The summed E-state index contributed by atoms with van der Waals surface area (Å²) in [6, 6.07) is 17.1. The molecule has 1 saturated heterocycles. The summed E-state index contributed by atoms with van der Waals surface area (Å²) in [4.78, 5) is 2.47. The molecule has 4 rings (SSSR count). The first-order chi connectivity index (χ1) is 12.7. The van der Waals surface area contributed by atoms with E-state index in [2.05, 4.69) is 27.8 Å². The largest absolute Gasteiger partial charge is 0.347 e. The Bertz CT molecular complexity index is 960. The molecule has 2 aromatic carbocycles. The molecule has 1 aromatic heterocycles. The second-order valence-electron chi connectivity index (χ2n) is 7.19.